The van der Waals surface area contributed by atoms with Crippen molar-refractivity contribution in [3.8, 4) is 23.0 Å². The molecule has 0 aliphatic carbocycles. The maximum Gasteiger partial charge on any atom is 0.214 e. The van der Waals surface area contributed by atoms with Crippen molar-refractivity contribution in [1.82, 2.24) is 5.01 Å². The molecule has 3 aromatic rings. The van der Waals surface area contributed by atoms with Gasteiger partial charge in [-0.05, 0) is 36.4 Å². The van der Waals surface area contributed by atoms with Gasteiger partial charge < -0.3 is 18.9 Å². The van der Waals surface area contributed by atoms with Crippen molar-refractivity contribution >= 4 is 5.71 Å². The summed E-state index contributed by atoms with van der Waals surface area (Å²) in [5.41, 5.74) is 4.21. The summed E-state index contributed by atoms with van der Waals surface area (Å²) in [6.07, 6.45) is 0.463. The van der Waals surface area contributed by atoms with Crippen LogP contribution in [0, 0.1) is 0 Å². The second-order valence-corrected chi connectivity index (χ2v) is 7.79. The third-order valence-corrected chi connectivity index (χ3v) is 5.95. The van der Waals surface area contributed by atoms with E-state index in [4.69, 9.17) is 24.0 Å². The summed E-state index contributed by atoms with van der Waals surface area (Å²) in [4.78, 5) is 0. The molecule has 2 atom stereocenters. The predicted molar refractivity (Wildman–Crippen MR) is 116 cm³/mol. The molecule has 0 aromatic heterocycles. The molecule has 3 aliphatic rings. The largest absolute Gasteiger partial charge is 0.497 e. The molecule has 156 valence electrons. The minimum absolute atomic E-state index is 0.101. The van der Waals surface area contributed by atoms with Crippen molar-refractivity contribution in [2.24, 2.45) is 5.10 Å². The summed E-state index contributed by atoms with van der Waals surface area (Å²) in [5, 5.41) is 7.10. The van der Waals surface area contributed by atoms with Crippen molar-refractivity contribution < 1.29 is 18.9 Å². The van der Waals surface area contributed by atoms with Crippen LogP contribution in [0.5, 0.6) is 23.0 Å². The van der Waals surface area contributed by atoms with Crippen LogP contribution in [0.3, 0.4) is 0 Å². The van der Waals surface area contributed by atoms with E-state index in [-0.39, 0.29) is 12.3 Å². The lowest BCUT2D eigenvalue weighted by molar-refractivity contribution is -0.0191. The Labute approximate surface area is 180 Å². The van der Waals surface area contributed by atoms with Gasteiger partial charge in [-0.15, -0.1) is 0 Å². The van der Waals surface area contributed by atoms with Crippen LogP contribution in [0.4, 0.5) is 0 Å². The molecule has 0 amide bonds. The first-order valence-electron chi connectivity index (χ1n) is 10.5. The quantitative estimate of drug-likeness (QED) is 0.621. The van der Waals surface area contributed by atoms with Crippen LogP contribution in [0.15, 0.2) is 71.8 Å². The lowest BCUT2D eigenvalue weighted by Gasteiger charge is -2.38. The molecule has 0 N–H and O–H groups in total. The Morgan fingerprint density at radius 3 is 2.68 bits per heavy atom. The van der Waals surface area contributed by atoms with E-state index >= 15 is 0 Å². The number of hydrazone groups is 1. The molecule has 0 bridgehead atoms. The third-order valence-electron chi connectivity index (χ3n) is 5.95. The summed E-state index contributed by atoms with van der Waals surface area (Å²) < 4.78 is 23.3. The van der Waals surface area contributed by atoms with Gasteiger partial charge in [0.2, 0.25) is 6.23 Å². The fourth-order valence-electron chi connectivity index (χ4n) is 4.45. The first-order valence-corrected chi connectivity index (χ1v) is 10.5. The minimum atomic E-state index is -0.329. The molecule has 3 aromatic carbocycles. The molecule has 6 nitrogen and oxygen atoms in total. The highest BCUT2D eigenvalue weighted by Crippen LogP contribution is 2.48. The molecule has 0 spiro atoms. The topological polar surface area (TPSA) is 52.5 Å². The highest BCUT2D eigenvalue weighted by molar-refractivity contribution is 6.02. The normalized spacial score (nSPS) is 20.9. The van der Waals surface area contributed by atoms with Crippen molar-refractivity contribution in [2.75, 3.05) is 20.3 Å². The lowest BCUT2D eigenvalue weighted by atomic mass is 9.95. The van der Waals surface area contributed by atoms with Gasteiger partial charge in [-0.2, -0.15) is 5.10 Å². The summed E-state index contributed by atoms with van der Waals surface area (Å²) in [6.45, 7) is 1.15. The fourth-order valence-corrected chi connectivity index (χ4v) is 4.45. The van der Waals surface area contributed by atoms with E-state index in [1.165, 1.54) is 0 Å². The number of nitrogens with zero attached hydrogens (tertiary/aromatic N) is 2. The fraction of sp³-hybridized carbons (Fsp3) is 0.240. The molecular weight excluding hydrogens is 392 g/mol. The zero-order valence-electron chi connectivity index (χ0n) is 17.2. The number of ether oxygens (including phenoxy) is 4. The van der Waals surface area contributed by atoms with E-state index in [9.17, 15) is 0 Å². The smallest absolute Gasteiger partial charge is 0.214 e. The van der Waals surface area contributed by atoms with E-state index < -0.39 is 0 Å². The maximum absolute atomic E-state index is 6.42. The molecule has 0 saturated carbocycles. The van der Waals surface area contributed by atoms with Crippen LogP contribution in [0.25, 0.3) is 0 Å². The summed E-state index contributed by atoms with van der Waals surface area (Å²) in [7, 11) is 1.67. The van der Waals surface area contributed by atoms with Crippen LogP contribution >= 0.6 is 0 Å². The number of para-hydroxylation sites is 1. The molecule has 0 saturated heterocycles. The van der Waals surface area contributed by atoms with Gasteiger partial charge in [0.25, 0.3) is 0 Å². The second kappa shape index (κ2) is 7.23. The lowest BCUT2D eigenvalue weighted by Crippen LogP contribution is -2.33. The first-order chi connectivity index (χ1) is 15.3. The highest BCUT2D eigenvalue weighted by Gasteiger charge is 2.41. The predicted octanol–water partition coefficient (Wildman–Crippen LogP) is 4.71. The molecule has 6 heteroatoms. The SMILES string of the molecule is COc1cccc([C@@H]2Oc3ccccc3[C@H]3CC(c4ccc5c(c4)OCCO5)=NN32)c1. The van der Waals surface area contributed by atoms with Crippen LogP contribution in [-0.2, 0) is 0 Å². The van der Waals surface area contributed by atoms with Crippen molar-refractivity contribution in [1.29, 1.82) is 0 Å². The van der Waals surface area contributed by atoms with Crippen molar-refractivity contribution in [3.05, 3.63) is 83.4 Å². The van der Waals surface area contributed by atoms with Gasteiger partial charge in [0, 0.05) is 23.1 Å². The average molecular weight is 414 g/mol. The van der Waals surface area contributed by atoms with E-state index in [2.05, 4.69) is 23.2 Å². The van der Waals surface area contributed by atoms with E-state index in [0.29, 0.717) is 13.2 Å². The Morgan fingerprint density at radius 1 is 0.903 bits per heavy atom. The molecule has 6 rings (SSSR count). The van der Waals surface area contributed by atoms with Crippen LogP contribution < -0.4 is 18.9 Å². The monoisotopic (exact) mass is 414 g/mol. The Kier molecular flexibility index (Phi) is 4.23. The third kappa shape index (κ3) is 3.06. The standard InChI is InChI=1S/C25H22N2O4/c1-28-18-6-4-5-17(13-18)25-27-21(19-7-2-3-8-22(19)31-25)15-20(26-27)16-9-10-23-24(14-16)30-12-11-29-23/h2-10,13-14,21,25H,11-12,15H2,1H3/t21-,25+/m1/s1. The van der Waals surface area contributed by atoms with E-state index in [1.54, 1.807) is 7.11 Å². The number of rotatable bonds is 3. The van der Waals surface area contributed by atoms with E-state index in [1.807, 2.05) is 48.5 Å². The van der Waals surface area contributed by atoms with Crippen molar-refractivity contribution in [3.63, 3.8) is 0 Å². The zero-order valence-corrected chi connectivity index (χ0v) is 17.2. The van der Waals surface area contributed by atoms with Gasteiger partial charge in [0.15, 0.2) is 11.5 Å². The number of hydrogen-bond acceptors (Lipinski definition) is 6. The molecule has 3 heterocycles. The maximum atomic E-state index is 6.42. The van der Waals surface area contributed by atoms with Gasteiger partial charge in [-0.1, -0.05) is 30.3 Å². The molecular formula is C25H22N2O4. The van der Waals surface area contributed by atoms with Crippen LogP contribution in [-0.4, -0.2) is 31.0 Å². The van der Waals surface area contributed by atoms with Crippen LogP contribution in [0.2, 0.25) is 0 Å². The van der Waals surface area contributed by atoms with Gasteiger partial charge in [-0.25, -0.2) is 5.01 Å². The Morgan fingerprint density at radius 2 is 1.77 bits per heavy atom. The summed E-state index contributed by atoms with van der Waals surface area (Å²) in [5.74, 6) is 3.26. The molecule has 3 aliphatic heterocycles. The van der Waals surface area contributed by atoms with Crippen LogP contribution in [0.1, 0.15) is 35.4 Å². The second-order valence-electron chi connectivity index (χ2n) is 7.79. The van der Waals surface area contributed by atoms with Gasteiger partial charge in [0.05, 0.1) is 18.9 Å². The Bertz CT molecular complexity index is 1180. The molecule has 0 fully saturated rings. The number of hydrogen-bond donors (Lipinski definition) is 0. The summed E-state index contributed by atoms with van der Waals surface area (Å²) >= 11 is 0. The average Bonchev–Trinajstić information content (AvgIpc) is 3.29. The Balaban J connectivity index is 1.41. The Hall–Kier alpha value is -3.67. The first kappa shape index (κ1) is 18.1. The molecule has 0 radical (unpaired) electrons. The molecule has 31 heavy (non-hydrogen) atoms. The van der Waals surface area contributed by atoms with Gasteiger partial charge in [-0.3, -0.25) is 0 Å². The zero-order chi connectivity index (χ0) is 20.8. The highest BCUT2D eigenvalue weighted by atomic mass is 16.6. The van der Waals surface area contributed by atoms with Gasteiger partial charge >= 0.3 is 0 Å². The number of methoxy groups -OCH3 is 1. The minimum Gasteiger partial charge on any atom is -0.497 e. The van der Waals surface area contributed by atoms with E-state index in [0.717, 1.165) is 51.8 Å². The molecule has 0 unspecified atom stereocenters. The number of fused-ring (bicyclic) bond motifs is 4. The number of benzene rings is 3. The van der Waals surface area contributed by atoms with Crippen molar-refractivity contribution in [2.45, 2.75) is 18.7 Å². The summed E-state index contributed by atoms with van der Waals surface area (Å²) in [6, 6.07) is 22.3. The van der Waals surface area contributed by atoms with Gasteiger partial charge in [0.1, 0.15) is 24.7 Å².